The van der Waals surface area contributed by atoms with Crippen LogP contribution in [0.15, 0.2) is 24.3 Å². The second-order valence-corrected chi connectivity index (χ2v) is 5.24. The monoisotopic (exact) mass is 358 g/mol. The number of hydrogen-bond acceptors (Lipinski definition) is 1. The molecule has 1 rings (SSSR count). The van der Waals surface area contributed by atoms with Gasteiger partial charge in [0.1, 0.15) is 6.61 Å². The highest BCUT2D eigenvalue weighted by Gasteiger charge is 2.27. The van der Waals surface area contributed by atoms with E-state index >= 15 is 0 Å². The van der Waals surface area contributed by atoms with Crippen LogP contribution in [0, 0.1) is 0 Å². The van der Waals surface area contributed by atoms with Crippen LogP contribution in [-0.4, -0.2) is 24.7 Å². The maximum Gasteiger partial charge on any atom is 0.411 e. The third kappa shape index (κ3) is 6.63. The quantitative estimate of drug-likeness (QED) is 0.481. The molecule has 1 unspecified atom stereocenters. The second-order valence-electron chi connectivity index (χ2n) is 4.18. The molecule has 0 heterocycles. The van der Waals surface area contributed by atoms with Gasteiger partial charge in [-0.25, -0.2) is 0 Å². The van der Waals surface area contributed by atoms with Crippen molar-refractivity contribution in [3.63, 3.8) is 0 Å². The molecular weight excluding hydrogens is 344 g/mol. The Morgan fingerprint density at radius 2 is 1.95 bits per heavy atom. The smallest absolute Gasteiger partial charge is 0.372 e. The van der Waals surface area contributed by atoms with E-state index < -0.39 is 12.8 Å². The molecule has 0 aromatic heterocycles. The first kappa shape index (κ1) is 16.8. The van der Waals surface area contributed by atoms with Crippen LogP contribution in [0.25, 0.3) is 0 Å². The van der Waals surface area contributed by atoms with Crippen molar-refractivity contribution in [2.45, 2.75) is 24.9 Å². The molecule has 1 aromatic rings. The van der Waals surface area contributed by atoms with Crippen molar-refractivity contribution in [1.82, 2.24) is 0 Å². The fourth-order valence-electron chi connectivity index (χ4n) is 1.74. The molecule has 1 aromatic carbocycles. The molecule has 0 saturated heterocycles. The zero-order valence-corrected chi connectivity index (χ0v) is 12.6. The molecule has 0 aliphatic rings. The van der Waals surface area contributed by atoms with E-state index in [1.165, 1.54) is 0 Å². The van der Waals surface area contributed by atoms with Gasteiger partial charge in [-0.1, -0.05) is 45.7 Å². The summed E-state index contributed by atoms with van der Waals surface area (Å²) in [5, 5.41) is 1.40. The summed E-state index contributed by atoms with van der Waals surface area (Å²) in [7, 11) is 0. The Hall–Kier alpha value is -0.260. The van der Waals surface area contributed by atoms with Gasteiger partial charge in [-0.15, -0.1) is 0 Å². The number of rotatable bonds is 7. The summed E-state index contributed by atoms with van der Waals surface area (Å²) in [5.41, 5.74) is 1.01. The van der Waals surface area contributed by atoms with Crippen LogP contribution in [0.5, 0.6) is 0 Å². The van der Waals surface area contributed by atoms with Crippen molar-refractivity contribution in [2.75, 3.05) is 18.5 Å². The molecule has 0 bridgehead atoms. The first-order chi connectivity index (χ1) is 8.94. The Bertz CT molecular complexity index is 384. The van der Waals surface area contributed by atoms with Gasteiger partial charge in [0.2, 0.25) is 0 Å². The molecule has 0 amide bonds. The SMILES string of the molecule is FC(F)(F)COCCCC(CBr)c1ccccc1Cl. The van der Waals surface area contributed by atoms with Crippen molar-refractivity contribution in [1.29, 1.82) is 0 Å². The molecule has 0 fully saturated rings. The zero-order valence-electron chi connectivity index (χ0n) is 10.2. The summed E-state index contributed by atoms with van der Waals surface area (Å²) >= 11 is 9.51. The topological polar surface area (TPSA) is 9.23 Å². The summed E-state index contributed by atoms with van der Waals surface area (Å²) < 4.78 is 40.2. The molecular formula is C13H15BrClF3O. The predicted octanol–water partition coefficient (Wildman–Crippen LogP) is 5.18. The molecule has 0 N–H and O–H groups in total. The van der Waals surface area contributed by atoms with Crippen molar-refractivity contribution >= 4 is 27.5 Å². The van der Waals surface area contributed by atoms with Crippen molar-refractivity contribution in [2.24, 2.45) is 0 Å². The standard InChI is InChI=1S/C13H15BrClF3O/c14-8-10(11-5-1-2-6-12(11)15)4-3-7-19-9-13(16,17)18/h1-2,5-6,10H,3-4,7-9H2. The van der Waals surface area contributed by atoms with E-state index in [1.807, 2.05) is 24.3 Å². The van der Waals surface area contributed by atoms with E-state index in [0.29, 0.717) is 11.4 Å². The highest BCUT2D eigenvalue weighted by Crippen LogP contribution is 2.29. The van der Waals surface area contributed by atoms with Gasteiger partial charge in [0, 0.05) is 17.0 Å². The Kier molecular flexibility index (Phi) is 7.18. The van der Waals surface area contributed by atoms with Gasteiger partial charge in [0.25, 0.3) is 0 Å². The zero-order chi connectivity index (χ0) is 14.3. The van der Waals surface area contributed by atoms with Gasteiger partial charge in [-0.2, -0.15) is 13.2 Å². The second kappa shape index (κ2) is 8.12. The minimum absolute atomic E-state index is 0.105. The van der Waals surface area contributed by atoms with E-state index in [-0.39, 0.29) is 12.5 Å². The third-order valence-corrected chi connectivity index (χ3v) is 3.76. The maximum atomic E-state index is 11.9. The van der Waals surface area contributed by atoms with Gasteiger partial charge < -0.3 is 4.74 Å². The van der Waals surface area contributed by atoms with E-state index in [9.17, 15) is 13.2 Å². The number of ether oxygens (including phenoxy) is 1. The van der Waals surface area contributed by atoms with E-state index in [0.717, 1.165) is 17.3 Å². The summed E-state index contributed by atoms with van der Waals surface area (Å²) in [4.78, 5) is 0. The summed E-state index contributed by atoms with van der Waals surface area (Å²) in [5.74, 6) is 0.184. The molecule has 1 nitrogen and oxygen atoms in total. The average Bonchev–Trinajstić information content (AvgIpc) is 2.34. The number of benzene rings is 1. The molecule has 6 heteroatoms. The van der Waals surface area contributed by atoms with Crippen LogP contribution in [0.3, 0.4) is 0 Å². The van der Waals surface area contributed by atoms with Gasteiger partial charge in [0.15, 0.2) is 0 Å². The van der Waals surface area contributed by atoms with E-state index in [2.05, 4.69) is 20.7 Å². The van der Waals surface area contributed by atoms with Crippen LogP contribution in [0.4, 0.5) is 13.2 Å². The third-order valence-electron chi connectivity index (χ3n) is 2.64. The maximum absolute atomic E-state index is 11.9. The Morgan fingerprint density at radius 1 is 1.26 bits per heavy atom. The van der Waals surface area contributed by atoms with Crippen LogP contribution >= 0.6 is 27.5 Å². The molecule has 1 atom stereocenters. The van der Waals surface area contributed by atoms with Crippen LogP contribution in [0.2, 0.25) is 5.02 Å². The molecule has 0 saturated carbocycles. The summed E-state index contributed by atoms with van der Waals surface area (Å²) in [6.07, 6.45) is -2.96. The first-order valence-electron chi connectivity index (χ1n) is 5.89. The van der Waals surface area contributed by atoms with Gasteiger partial charge in [-0.3, -0.25) is 0 Å². The molecule has 0 aliphatic carbocycles. The lowest BCUT2D eigenvalue weighted by Gasteiger charge is -2.16. The van der Waals surface area contributed by atoms with Crippen molar-refractivity contribution in [3.05, 3.63) is 34.9 Å². The van der Waals surface area contributed by atoms with Crippen molar-refractivity contribution < 1.29 is 17.9 Å². The summed E-state index contributed by atoms with van der Waals surface area (Å²) in [6, 6.07) is 7.50. The molecule has 0 radical (unpaired) electrons. The first-order valence-corrected chi connectivity index (χ1v) is 7.39. The number of halogens is 5. The molecule has 0 spiro atoms. The predicted molar refractivity (Wildman–Crippen MR) is 74.1 cm³/mol. The van der Waals surface area contributed by atoms with Crippen molar-refractivity contribution in [3.8, 4) is 0 Å². The fraction of sp³-hybridized carbons (Fsp3) is 0.538. The highest BCUT2D eigenvalue weighted by atomic mass is 79.9. The van der Waals surface area contributed by atoms with Gasteiger partial charge in [0.05, 0.1) is 0 Å². The number of alkyl halides is 4. The molecule has 0 aliphatic heterocycles. The Labute approximate surface area is 124 Å². The lowest BCUT2D eigenvalue weighted by Crippen LogP contribution is -2.17. The van der Waals surface area contributed by atoms with E-state index in [1.54, 1.807) is 0 Å². The van der Waals surface area contributed by atoms with Crippen LogP contribution < -0.4 is 0 Å². The van der Waals surface area contributed by atoms with Crippen LogP contribution in [0.1, 0.15) is 24.3 Å². The summed E-state index contributed by atoms with van der Waals surface area (Å²) in [6.45, 7) is -1.08. The molecule has 108 valence electrons. The lowest BCUT2D eigenvalue weighted by molar-refractivity contribution is -0.174. The Morgan fingerprint density at radius 3 is 2.53 bits per heavy atom. The Balaban J connectivity index is 2.36. The minimum atomic E-state index is -4.25. The van der Waals surface area contributed by atoms with Gasteiger partial charge in [-0.05, 0) is 30.4 Å². The largest absolute Gasteiger partial charge is 0.411 e. The average molecular weight is 360 g/mol. The van der Waals surface area contributed by atoms with Crippen LogP contribution in [-0.2, 0) is 4.74 Å². The van der Waals surface area contributed by atoms with E-state index in [4.69, 9.17) is 11.6 Å². The fourth-order valence-corrected chi connectivity index (χ4v) is 2.70. The normalized spacial score (nSPS) is 13.5. The minimum Gasteiger partial charge on any atom is -0.372 e. The molecule has 19 heavy (non-hydrogen) atoms. The lowest BCUT2D eigenvalue weighted by atomic mass is 9.96. The highest BCUT2D eigenvalue weighted by molar-refractivity contribution is 9.09. The van der Waals surface area contributed by atoms with Gasteiger partial charge >= 0.3 is 6.18 Å². The number of hydrogen-bond donors (Lipinski definition) is 0.